The maximum atomic E-state index is 12.5. The number of hydrogen-bond donors (Lipinski definition) is 1. The highest BCUT2D eigenvalue weighted by Crippen LogP contribution is 2.32. The zero-order valence-corrected chi connectivity index (χ0v) is 18.0. The fraction of sp³-hybridized carbons (Fsp3) is 0.450. The molecule has 1 unspecified atom stereocenters. The lowest BCUT2D eigenvalue weighted by Crippen LogP contribution is -2.52. The van der Waals surface area contributed by atoms with Crippen molar-refractivity contribution in [1.29, 1.82) is 0 Å². The molecule has 146 valence electrons. The second-order valence-corrected chi connectivity index (χ2v) is 8.72. The number of carbonyl (C=O) groups excluding carboxylic acids is 1. The van der Waals surface area contributed by atoms with Crippen LogP contribution in [0.4, 0.5) is 0 Å². The summed E-state index contributed by atoms with van der Waals surface area (Å²) in [4.78, 5) is 19.1. The number of nitrogens with zero attached hydrogens (tertiary/aromatic N) is 2. The van der Waals surface area contributed by atoms with Crippen molar-refractivity contribution in [3.8, 4) is 10.4 Å². The van der Waals surface area contributed by atoms with Crippen LogP contribution in [0.15, 0.2) is 30.3 Å². The molecule has 1 amide bonds. The number of rotatable bonds is 6. The monoisotopic (exact) mass is 425 g/mol. The normalized spacial score (nSPS) is 17.0. The minimum atomic E-state index is -0.0228. The van der Waals surface area contributed by atoms with Crippen molar-refractivity contribution in [2.75, 3.05) is 39.3 Å². The Morgan fingerprint density at radius 3 is 2.56 bits per heavy atom. The molecule has 1 aromatic carbocycles. The number of hydrogen-bond acceptors (Lipinski definition) is 4. The molecular formula is C20H25Cl2N3OS. The summed E-state index contributed by atoms with van der Waals surface area (Å²) in [5, 5.41) is 4.13. The van der Waals surface area contributed by atoms with E-state index >= 15 is 0 Å². The van der Waals surface area contributed by atoms with E-state index in [1.165, 1.54) is 11.3 Å². The van der Waals surface area contributed by atoms with Crippen LogP contribution in [0, 0.1) is 0 Å². The predicted molar refractivity (Wildman–Crippen MR) is 115 cm³/mol. The van der Waals surface area contributed by atoms with Gasteiger partial charge in [0.05, 0.1) is 14.9 Å². The molecule has 3 rings (SSSR count). The number of piperazine rings is 1. The van der Waals surface area contributed by atoms with E-state index in [0.29, 0.717) is 27.5 Å². The zero-order chi connectivity index (χ0) is 19.4. The van der Waals surface area contributed by atoms with E-state index in [1.807, 2.05) is 24.3 Å². The Labute approximate surface area is 175 Å². The molecule has 1 aliphatic rings. The highest BCUT2D eigenvalue weighted by Gasteiger charge is 2.21. The third kappa shape index (κ3) is 5.24. The van der Waals surface area contributed by atoms with Crippen LogP contribution in [0.1, 0.15) is 23.5 Å². The third-order valence-electron chi connectivity index (χ3n) is 5.07. The van der Waals surface area contributed by atoms with E-state index in [1.54, 1.807) is 6.07 Å². The Kier molecular flexibility index (Phi) is 7.17. The first-order chi connectivity index (χ1) is 13.0. The third-order valence-corrected chi connectivity index (χ3v) is 6.94. The lowest BCUT2D eigenvalue weighted by Gasteiger charge is -2.37. The molecule has 0 saturated carbocycles. The van der Waals surface area contributed by atoms with Crippen LogP contribution in [-0.4, -0.2) is 61.0 Å². The second kappa shape index (κ2) is 9.39. The van der Waals surface area contributed by atoms with Gasteiger partial charge in [-0.2, -0.15) is 0 Å². The minimum absolute atomic E-state index is 0.0228. The van der Waals surface area contributed by atoms with E-state index in [9.17, 15) is 4.79 Å². The topological polar surface area (TPSA) is 35.6 Å². The van der Waals surface area contributed by atoms with Gasteiger partial charge in [0.1, 0.15) is 0 Å². The number of halogens is 2. The fourth-order valence-corrected chi connectivity index (χ4v) is 4.46. The maximum Gasteiger partial charge on any atom is 0.261 e. The van der Waals surface area contributed by atoms with Gasteiger partial charge >= 0.3 is 0 Å². The average Bonchev–Trinajstić information content (AvgIpc) is 3.18. The predicted octanol–water partition coefficient (Wildman–Crippen LogP) is 4.48. The van der Waals surface area contributed by atoms with Crippen molar-refractivity contribution in [2.45, 2.75) is 19.9 Å². The van der Waals surface area contributed by atoms with Crippen molar-refractivity contribution in [1.82, 2.24) is 15.1 Å². The van der Waals surface area contributed by atoms with Gasteiger partial charge in [0, 0.05) is 43.6 Å². The molecule has 4 nitrogen and oxygen atoms in total. The van der Waals surface area contributed by atoms with Crippen LogP contribution in [0.5, 0.6) is 0 Å². The lowest BCUT2D eigenvalue weighted by atomic mass is 10.2. The largest absolute Gasteiger partial charge is 0.350 e. The van der Waals surface area contributed by atoms with E-state index < -0.39 is 0 Å². The summed E-state index contributed by atoms with van der Waals surface area (Å²) in [7, 11) is 0. The van der Waals surface area contributed by atoms with Crippen molar-refractivity contribution < 1.29 is 4.79 Å². The first-order valence-electron chi connectivity index (χ1n) is 9.27. The molecule has 1 aromatic heterocycles. The van der Waals surface area contributed by atoms with Crippen LogP contribution in [0.2, 0.25) is 10.0 Å². The Balaban J connectivity index is 1.54. The average molecular weight is 426 g/mol. The molecule has 27 heavy (non-hydrogen) atoms. The van der Waals surface area contributed by atoms with Crippen molar-refractivity contribution in [2.24, 2.45) is 0 Å². The number of benzene rings is 1. The summed E-state index contributed by atoms with van der Waals surface area (Å²) >= 11 is 13.5. The summed E-state index contributed by atoms with van der Waals surface area (Å²) < 4.78 is 0. The summed E-state index contributed by atoms with van der Waals surface area (Å²) in [6.07, 6.45) is 0. The fourth-order valence-electron chi connectivity index (χ4n) is 3.24. The van der Waals surface area contributed by atoms with E-state index in [4.69, 9.17) is 23.2 Å². The van der Waals surface area contributed by atoms with Crippen molar-refractivity contribution in [3.05, 3.63) is 45.3 Å². The number of likely N-dealkylation sites (N-methyl/N-ethyl adjacent to an activating group) is 1. The van der Waals surface area contributed by atoms with Gasteiger partial charge in [0.25, 0.3) is 5.91 Å². The molecule has 0 spiro atoms. The summed E-state index contributed by atoms with van der Waals surface area (Å²) in [6, 6.07) is 9.67. The molecule has 1 aliphatic heterocycles. The first kappa shape index (κ1) is 20.6. The number of thiophene rings is 1. The zero-order valence-electron chi connectivity index (χ0n) is 15.7. The Hall–Kier alpha value is -1.11. The molecule has 0 radical (unpaired) electrons. The molecule has 7 heteroatoms. The smallest absolute Gasteiger partial charge is 0.261 e. The van der Waals surface area contributed by atoms with Crippen molar-refractivity contribution >= 4 is 40.4 Å². The molecule has 1 atom stereocenters. The van der Waals surface area contributed by atoms with Gasteiger partial charge in [-0.25, -0.2) is 0 Å². The molecule has 0 bridgehead atoms. The molecule has 0 aliphatic carbocycles. The number of carbonyl (C=O) groups is 1. The van der Waals surface area contributed by atoms with Crippen LogP contribution in [-0.2, 0) is 0 Å². The molecule has 2 heterocycles. The molecule has 1 fully saturated rings. The Morgan fingerprint density at radius 2 is 1.89 bits per heavy atom. The Bertz CT molecular complexity index is 787. The number of amides is 1. The number of nitrogens with one attached hydrogen (secondary N) is 1. The van der Waals surface area contributed by atoms with Gasteiger partial charge in [-0.3, -0.25) is 9.69 Å². The minimum Gasteiger partial charge on any atom is -0.350 e. The van der Waals surface area contributed by atoms with Gasteiger partial charge in [-0.15, -0.1) is 11.3 Å². The summed E-state index contributed by atoms with van der Waals surface area (Å²) in [5.41, 5.74) is 0.968. The highest BCUT2D eigenvalue weighted by molar-refractivity contribution is 7.17. The molecular weight excluding hydrogens is 401 g/mol. The van der Waals surface area contributed by atoms with Gasteiger partial charge < -0.3 is 10.2 Å². The Morgan fingerprint density at radius 1 is 1.15 bits per heavy atom. The SMILES string of the molecule is CCN1CCN(C(C)CNC(=O)c2ccc(-c3ccc(Cl)c(Cl)c3)s2)CC1. The van der Waals surface area contributed by atoms with Crippen LogP contribution in [0.3, 0.4) is 0 Å². The van der Waals surface area contributed by atoms with Crippen LogP contribution in [0.25, 0.3) is 10.4 Å². The van der Waals surface area contributed by atoms with Crippen LogP contribution < -0.4 is 5.32 Å². The maximum absolute atomic E-state index is 12.5. The second-order valence-electron chi connectivity index (χ2n) is 6.82. The quantitative estimate of drug-likeness (QED) is 0.740. The van der Waals surface area contributed by atoms with Gasteiger partial charge in [-0.05, 0) is 43.3 Å². The standard InChI is InChI=1S/C20H25Cl2N3OS/c1-3-24-8-10-25(11-9-24)14(2)13-23-20(26)19-7-6-18(27-19)15-4-5-16(21)17(22)12-15/h4-7,12,14H,3,8-11,13H2,1-2H3,(H,23,26). The van der Waals surface area contributed by atoms with Crippen molar-refractivity contribution in [3.63, 3.8) is 0 Å². The van der Waals surface area contributed by atoms with E-state index in [2.05, 4.69) is 29.0 Å². The van der Waals surface area contributed by atoms with Crippen LogP contribution >= 0.6 is 34.5 Å². The van der Waals surface area contributed by atoms with Gasteiger partial charge in [-0.1, -0.05) is 36.2 Å². The molecule has 1 N–H and O–H groups in total. The summed E-state index contributed by atoms with van der Waals surface area (Å²) in [6.45, 7) is 10.5. The molecule has 1 saturated heterocycles. The molecule has 2 aromatic rings. The van der Waals surface area contributed by atoms with Gasteiger partial charge in [0.2, 0.25) is 0 Å². The lowest BCUT2D eigenvalue weighted by molar-refractivity contribution is 0.0886. The highest BCUT2D eigenvalue weighted by atomic mass is 35.5. The van der Waals surface area contributed by atoms with E-state index in [0.717, 1.165) is 43.2 Å². The first-order valence-corrected chi connectivity index (χ1v) is 10.8. The van der Waals surface area contributed by atoms with E-state index in [-0.39, 0.29) is 5.91 Å². The van der Waals surface area contributed by atoms with Gasteiger partial charge in [0.15, 0.2) is 0 Å². The summed E-state index contributed by atoms with van der Waals surface area (Å²) in [5.74, 6) is -0.0228.